The second-order valence-electron chi connectivity index (χ2n) is 8.31. The zero-order valence-corrected chi connectivity index (χ0v) is 17.2. The lowest BCUT2D eigenvalue weighted by Gasteiger charge is -2.39. The van der Waals surface area contributed by atoms with Crippen LogP contribution in [0.15, 0.2) is 11.1 Å². The third kappa shape index (κ3) is 4.37. The van der Waals surface area contributed by atoms with Crippen molar-refractivity contribution in [3.8, 4) is 0 Å². The summed E-state index contributed by atoms with van der Waals surface area (Å²) in [5.74, 6) is -0.442. The lowest BCUT2D eigenvalue weighted by Crippen LogP contribution is -2.48. The van der Waals surface area contributed by atoms with Gasteiger partial charge in [0.15, 0.2) is 0 Å². The monoisotopic (exact) mass is 377 g/mol. The summed E-state index contributed by atoms with van der Waals surface area (Å²) in [7, 11) is 0. The summed E-state index contributed by atoms with van der Waals surface area (Å²) < 4.78 is 5.74. The number of likely N-dealkylation sites (tertiary alicyclic amines) is 2. The zero-order chi connectivity index (χ0) is 19.4. The molecule has 3 aliphatic heterocycles. The summed E-state index contributed by atoms with van der Waals surface area (Å²) in [4.78, 5) is 30.0. The van der Waals surface area contributed by atoms with Gasteiger partial charge in [-0.3, -0.25) is 4.79 Å². The van der Waals surface area contributed by atoms with Crippen LogP contribution in [0.25, 0.3) is 0 Å². The number of carbonyl (C=O) groups excluding carboxylic acids is 2. The van der Waals surface area contributed by atoms with Crippen molar-refractivity contribution in [3.05, 3.63) is 11.1 Å². The first-order chi connectivity index (χ1) is 13.0. The Labute approximate surface area is 163 Å². The normalized spacial score (nSPS) is 26.5. The number of ether oxygens (including phenoxy) is 1. The summed E-state index contributed by atoms with van der Waals surface area (Å²) in [6.07, 6.45) is 6.23. The smallest absolute Gasteiger partial charge is 0.335 e. The van der Waals surface area contributed by atoms with Gasteiger partial charge in [0.05, 0.1) is 5.57 Å². The van der Waals surface area contributed by atoms with Gasteiger partial charge >= 0.3 is 5.97 Å². The Balaban J connectivity index is 1.55. The van der Waals surface area contributed by atoms with Crippen LogP contribution in [0.3, 0.4) is 0 Å². The van der Waals surface area contributed by atoms with E-state index >= 15 is 0 Å². The highest BCUT2D eigenvalue weighted by atomic mass is 16.6. The Morgan fingerprint density at radius 3 is 2.67 bits per heavy atom. The largest absolute Gasteiger partial charge is 0.450 e. The molecule has 0 unspecified atom stereocenters. The summed E-state index contributed by atoms with van der Waals surface area (Å²) in [6, 6.07) is 0.646. The van der Waals surface area contributed by atoms with Gasteiger partial charge in [0.2, 0.25) is 0 Å². The van der Waals surface area contributed by atoms with E-state index in [1.54, 1.807) is 6.92 Å². The third-order valence-electron chi connectivity index (χ3n) is 6.61. The molecule has 6 nitrogen and oxygen atoms in total. The molecule has 2 fully saturated rings. The predicted octanol–water partition coefficient (Wildman–Crippen LogP) is 2.09. The van der Waals surface area contributed by atoms with Crippen molar-refractivity contribution in [3.63, 3.8) is 0 Å². The molecule has 2 saturated heterocycles. The summed E-state index contributed by atoms with van der Waals surface area (Å²) >= 11 is 0. The van der Waals surface area contributed by atoms with Crippen molar-refractivity contribution in [2.24, 2.45) is 0 Å². The van der Waals surface area contributed by atoms with Crippen LogP contribution in [0.1, 0.15) is 59.3 Å². The molecule has 0 bridgehead atoms. The van der Waals surface area contributed by atoms with E-state index < -0.39 is 5.60 Å². The average Bonchev–Trinajstić information content (AvgIpc) is 2.90. The van der Waals surface area contributed by atoms with Crippen molar-refractivity contribution in [2.45, 2.75) is 70.9 Å². The number of rotatable bonds is 6. The van der Waals surface area contributed by atoms with E-state index in [4.69, 9.17) is 4.74 Å². The van der Waals surface area contributed by atoms with Gasteiger partial charge in [-0.05, 0) is 46.2 Å². The SMILES string of the molecule is CCN1CCC2(CC1)OC(=O)C(C)=C2C(=O)NCCCN1CCCC[C@H]1C. The number of nitrogens with one attached hydrogen (secondary N) is 1. The standard InChI is InChI=1S/C21H35N3O3/c1-4-23-14-9-21(10-15-23)18(17(3)20(26)27-21)19(25)22-11-7-13-24-12-6-5-8-16(24)2/h16H,4-15H2,1-3H3,(H,22,25)/t16-/m1/s1. The van der Waals surface area contributed by atoms with E-state index in [1.807, 2.05) is 0 Å². The van der Waals surface area contributed by atoms with Gasteiger partial charge in [-0.1, -0.05) is 13.3 Å². The Morgan fingerprint density at radius 1 is 1.26 bits per heavy atom. The van der Waals surface area contributed by atoms with Gasteiger partial charge in [-0.25, -0.2) is 4.79 Å². The maximum Gasteiger partial charge on any atom is 0.335 e. The van der Waals surface area contributed by atoms with Crippen molar-refractivity contribution in [2.75, 3.05) is 39.3 Å². The van der Waals surface area contributed by atoms with E-state index in [-0.39, 0.29) is 11.9 Å². The van der Waals surface area contributed by atoms with Crippen molar-refractivity contribution >= 4 is 11.9 Å². The Hall–Kier alpha value is -1.40. The van der Waals surface area contributed by atoms with Crippen LogP contribution in [0.5, 0.6) is 0 Å². The molecule has 0 aromatic heterocycles. The molecular weight excluding hydrogens is 342 g/mol. The van der Waals surface area contributed by atoms with Crippen LogP contribution in [0.2, 0.25) is 0 Å². The first kappa shape index (κ1) is 20.3. The maximum absolute atomic E-state index is 12.9. The molecule has 0 radical (unpaired) electrons. The number of hydrogen-bond donors (Lipinski definition) is 1. The minimum atomic E-state index is -0.710. The van der Waals surface area contributed by atoms with E-state index in [2.05, 4.69) is 29.0 Å². The lowest BCUT2D eigenvalue weighted by atomic mass is 9.82. The summed E-state index contributed by atoms with van der Waals surface area (Å²) in [5.41, 5.74) is 0.356. The van der Waals surface area contributed by atoms with Gasteiger partial charge in [0, 0.05) is 50.6 Å². The molecule has 27 heavy (non-hydrogen) atoms. The van der Waals surface area contributed by atoms with E-state index in [1.165, 1.54) is 25.8 Å². The van der Waals surface area contributed by atoms with Gasteiger partial charge in [-0.2, -0.15) is 0 Å². The molecule has 0 saturated carbocycles. The number of amides is 1. The summed E-state index contributed by atoms with van der Waals surface area (Å²) in [6.45, 7) is 11.7. The quantitative estimate of drug-likeness (QED) is 0.567. The molecule has 0 aliphatic carbocycles. The predicted molar refractivity (Wildman–Crippen MR) is 105 cm³/mol. The van der Waals surface area contributed by atoms with Crippen LogP contribution in [-0.4, -0.2) is 72.6 Å². The number of carbonyl (C=O) groups is 2. The first-order valence-electron chi connectivity index (χ1n) is 10.7. The summed E-state index contributed by atoms with van der Waals surface area (Å²) in [5, 5.41) is 3.06. The fourth-order valence-corrected chi connectivity index (χ4v) is 4.77. The Bertz CT molecular complexity index is 593. The van der Waals surface area contributed by atoms with Crippen LogP contribution in [-0.2, 0) is 14.3 Å². The van der Waals surface area contributed by atoms with Gasteiger partial charge in [-0.15, -0.1) is 0 Å². The van der Waals surface area contributed by atoms with Gasteiger partial charge in [0.1, 0.15) is 5.60 Å². The molecule has 3 rings (SSSR count). The fourth-order valence-electron chi connectivity index (χ4n) is 4.77. The van der Waals surface area contributed by atoms with Crippen LogP contribution < -0.4 is 5.32 Å². The molecule has 152 valence electrons. The van der Waals surface area contributed by atoms with Crippen molar-refractivity contribution < 1.29 is 14.3 Å². The number of hydrogen-bond acceptors (Lipinski definition) is 5. The van der Waals surface area contributed by atoms with E-state index in [0.717, 1.165) is 32.6 Å². The van der Waals surface area contributed by atoms with E-state index in [0.29, 0.717) is 36.6 Å². The molecular formula is C21H35N3O3. The topological polar surface area (TPSA) is 61.9 Å². The molecule has 0 aromatic rings. The molecule has 6 heteroatoms. The molecule has 0 aromatic carbocycles. The average molecular weight is 378 g/mol. The zero-order valence-electron chi connectivity index (χ0n) is 17.2. The number of piperidine rings is 2. The van der Waals surface area contributed by atoms with Crippen LogP contribution >= 0.6 is 0 Å². The molecule has 3 heterocycles. The van der Waals surface area contributed by atoms with Crippen molar-refractivity contribution in [1.29, 1.82) is 0 Å². The Morgan fingerprint density at radius 2 is 2.00 bits per heavy atom. The number of esters is 1. The fraction of sp³-hybridized carbons (Fsp3) is 0.810. The minimum Gasteiger partial charge on any atom is -0.450 e. The highest BCUT2D eigenvalue weighted by Crippen LogP contribution is 2.40. The van der Waals surface area contributed by atoms with E-state index in [9.17, 15) is 9.59 Å². The van der Waals surface area contributed by atoms with Crippen LogP contribution in [0.4, 0.5) is 0 Å². The second-order valence-corrected chi connectivity index (χ2v) is 8.31. The maximum atomic E-state index is 12.9. The second kappa shape index (κ2) is 8.74. The molecule has 1 atom stereocenters. The van der Waals surface area contributed by atoms with Crippen molar-refractivity contribution in [1.82, 2.24) is 15.1 Å². The molecule has 3 aliphatic rings. The highest BCUT2D eigenvalue weighted by Gasteiger charge is 2.50. The molecule has 1 N–H and O–H groups in total. The Kier molecular flexibility index (Phi) is 6.58. The van der Waals surface area contributed by atoms with Gasteiger partial charge < -0.3 is 19.9 Å². The first-order valence-corrected chi connectivity index (χ1v) is 10.7. The van der Waals surface area contributed by atoms with Crippen LogP contribution in [0, 0.1) is 0 Å². The lowest BCUT2D eigenvalue weighted by molar-refractivity contribution is -0.150. The molecule has 1 spiro atoms. The number of nitrogens with zero attached hydrogens (tertiary/aromatic N) is 2. The molecule has 1 amide bonds. The van der Waals surface area contributed by atoms with Gasteiger partial charge in [0.25, 0.3) is 5.91 Å². The minimum absolute atomic E-state index is 0.116. The highest BCUT2D eigenvalue weighted by molar-refractivity contribution is 6.07. The third-order valence-corrected chi connectivity index (χ3v) is 6.61.